The minimum atomic E-state index is -1.59. The molecule has 2 N–H and O–H groups in total. The van der Waals surface area contributed by atoms with Crippen molar-refractivity contribution in [2.24, 2.45) is 0 Å². The molecule has 0 aliphatic carbocycles. The summed E-state index contributed by atoms with van der Waals surface area (Å²) in [4.78, 5) is 48.3. The SMILES string of the molecule is CCCCCCN1c2ccccc2Sc2cc(-c3sc(-c4sc(-c5sc(-c6sc(/C=c7\s/c(=C(\C#N)C(=O)O)n(CC(=O)O)c7=O)c7c6OCCO7)c6c5OCCO6)c5c4OCCO5)c4c3OCCO4)ccc21. The van der Waals surface area contributed by atoms with Gasteiger partial charge in [-0.3, -0.25) is 14.2 Å². The zero-order valence-corrected chi connectivity index (χ0v) is 43.6. The first-order chi connectivity index (χ1) is 35.7. The van der Waals surface area contributed by atoms with Crippen LogP contribution in [0.15, 0.2) is 57.1 Å². The fourth-order valence-corrected chi connectivity index (χ4v) is 16.6. The third kappa shape index (κ3) is 8.35. The van der Waals surface area contributed by atoms with Gasteiger partial charge in [0, 0.05) is 16.3 Å². The second-order valence-corrected chi connectivity index (χ2v) is 23.2. The first kappa shape index (κ1) is 47.4. The number of benzene rings is 2. The van der Waals surface area contributed by atoms with Gasteiger partial charge in [-0.1, -0.05) is 56.1 Å². The molecule has 374 valence electrons. The van der Waals surface area contributed by atoms with Gasteiger partial charge in [0.1, 0.15) is 70.1 Å². The molecule has 0 saturated carbocycles. The molecular weight excluding hydrogens is 1050 g/mol. The molecule has 5 aromatic heterocycles. The quantitative estimate of drug-likeness (QED) is 0.103. The number of nitriles is 1. The lowest BCUT2D eigenvalue weighted by Crippen LogP contribution is -2.35. The highest BCUT2D eigenvalue weighted by Gasteiger charge is 2.39. The first-order valence-corrected chi connectivity index (χ1v) is 28.3. The number of unbranched alkanes of at least 4 members (excludes halogenated alkanes) is 3. The molecule has 7 aromatic rings. The topological polar surface area (TPSA) is 197 Å². The Balaban J connectivity index is 0.959. The number of carboxylic acids is 2. The molecule has 0 unspecified atom stereocenters. The summed E-state index contributed by atoms with van der Waals surface area (Å²) < 4.78 is 51.7. The number of carbonyl (C=O) groups is 2. The van der Waals surface area contributed by atoms with E-state index in [0.717, 1.165) is 47.5 Å². The number of nitrogens with zero attached hydrogens (tertiary/aromatic N) is 3. The van der Waals surface area contributed by atoms with E-state index in [1.54, 1.807) is 29.2 Å². The molecule has 0 amide bonds. The van der Waals surface area contributed by atoms with Crippen molar-refractivity contribution in [3.05, 3.63) is 66.9 Å². The molecule has 12 rings (SSSR count). The summed E-state index contributed by atoms with van der Waals surface area (Å²) in [5, 5.41) is 29.0. The van der Waals surface area contributed by atoms with Crippen LogP contribution in [0.4, 0.5) is 11.4 Å². The number of para-hydroxylation sites is 1. The number of ether oxygens (including phenoxy) is 8. The fraction of sp³-hybridized carbons (Fsp3) is 0.294. The third-order valence-corrected chi connectivity index (χ3v) is 19.7. The number of thiophene rings is 4. The Hall–Kier alpha value is -6.61. The lowest BCUT2D eigenvalue weighted by atomic mass is 10.1. The zero-order valence-electron chi connectivity index (χ0n) is 38.7. The van der Waals surface area contributed by atoms with Crippen LogP contribution in [0.3, 0.4) is 0 Å². The third-order valence-electron chi connectivity index (χ3n) is 12.4. The van der Waals surface area contributed by atoms with Crippen LogP contribution in [0.2, 0.25) is 0 Å². The van der Waals surface area contributed by atoms with Gasteiger partial charge in [-0.25, -0.2) is 4.79 Å². The summed E-state index contributed by atoms with van der Waals surface area (Å²) in [5.74, 6) is 1.33. The Labute approximate surface area is 440 Å². The first-order valence-electron chi connectivity index (χ1n) is 23.4. The van der Waals surface area contributed by atoms with E-state index in [4.69, 9.17) is 37.9 Å². The van der Waals surface area contributed by atoms with E-state index in [2.05, 4.69) is 54.3 Å². The number of carboxylic acid groups (broad SMARTS) is 2. The summed E-state index contributed by atoms with van der Waals surface area (Å²) in [5.41, 5.74) is 1.94. The van der Waals surface area contributed by atoms with Gasteiger partial charge in [0.15, 0.2) is 51.6 Å². The smallest absolute Gasteiger partial charge is 0.349 e. The van der Waals surface area contributed by atoms with Crippen LogP contribution in [0.25, 0.3) is 51.4 Å². The van der Waals surface area contributed by atoms with Crippen LogP contribution in [0, 0.1) is 11.3 Å². The molecule has 0 radical (unpaired) electrons. The Bertz CT molecular complexity index is 3630. The standard InChI is InChI=1S/C51H41N3O13S6/c1-2-3-4-7-12-53-27-8-5-6-9-29(27)68-30-21-25(10-11-28(30)53)42-36-37(63-16-15-62-36)45(71-42)46-40-41(67-20-19-66-40)48(73-46)47-39-38(64-17-18-65-39)44(72-47)43-35-34(60-13-14-61-35)31(69-43)22-32-49(57)54(24-33(55)56)50(70-32)26(23-52)51(58)59/h5-6,8-11,21-22H,2-4,7,12-20,24H2,1H3,(H,55,56)(H,58,59)/b32-22-,50-26+. The molecule has 5 aliphatic heterocycles. The Morgan fingerprint density at radius 3 is 1.68 bits per heavy atom. The highest BCUT2D eigenvalue weighted by molar-refractivity contribution is 7.99. The lowest BCUT2D eigenvalue weighted by Gasteiger charge is -2.33. The molecule has 2 aromatic carbocycles. The Morgan fingerprint density at radius 2 is 1.14 bits per heavy atom. The van der Waals surface area contributed by atoms with Crippen LogP contribution >= 0.6 is 68.4 Å². The maximum atomic E-state index is 13.7. The predicted molar refractivity (Wildman–Crippen MR) is 281 cm³/mol. The van der Waals surface area contributed by atoms with Crippen molar-refractivity contribution < 1.29 is 57.7 Å². The average Bonchev–Trinajstić information content (AvgIpc) is 4.23. The van der Waals surface area contributed by atoms with Crippen molar-refractivity contribution in [2.45, 2.75) is 48.9 Å². The molecule has 5 aliphatic rings. The summed E-state index contributed by atoms with van der Waals surface area (Å²) in [7, 11) is 0. The van der Waals surface area contributed by atoms with Crippen LogP contribution in [-0.4, -0.2) is 86.1 Å². The minimum absolute atomic E-state index is 0.00259. The molecule has 73 heavy (non-hydrogen) atoms. The van der Waals surface area contributed by atoms with E-state index in [1.807, 2.05) is 0 Å². The van der Waals surface area contributed by atoms with Crippen molar-refractivity contribution >= 4 is 103 Å². The lowest BCUT2D eigenvalue weighted by molar-refractivity contribution is -0.138. The van der Waals surface area contributed by atoms with Crippen molar-refractivity contribution in [3.8, 4) is 91.8 Å². The maximum absolute atomic E-state index is 13.7. The van der Waals surface area contributed by atoms with Gasteiger partial charge in [-0.2, -0.15) is 5.26 Å². The van der Waals surface area contributed by atoms with E-state index >= 15 is 0 Å². The van der Waals surface area contributed by atoms with Gasteiger partial charge in [-0.05, 0) is 42.3 Å². The van der Waals surface area contributed by atoms with Gasteiger partial charge in [0.05, 0.1) is 54.9 Å². The fourth-order valence-electron chi connectivity index (χ4n) is 9.21. The van der Waals surface area contributed by atoms with Crippen LogP contribution in [0.5, 0.6) is 46.0 Å². The highest BCUT2D eigenvalue weighted by atomic mass is 32.2. The van der Waals surface area contributed by atoms with Gasteiger partial charge in [0.25, 0.3) is 5.56 Å². The summed E-state index contributed by atoms with van der Waals surface area (Å²) in [6.07, 6.45) is 6.20. The maximum Gasteiger partial charge on any atom is 0.349 e. The van der Waals surface area contributed by atoms with E-state index < -0.39 is 29.6 Å². The van der Waals surface area contributed by atoms with Gasteiger partial charge in [0.2, 0.25) is 0 Å². The van der Waals surface area contributed by atoms with Gasteiger partial charge < -0.3 is 53.0 Å². The number of anilines is 2. The number of rotatable bonds is 13. The number of fused-ring (bicyclic) bond motifs is 6. The van der Waals surface area contributed by atoms with Crippen molar-refractivity contribution in [3.63, 3.8) is 0 Å². The molecule has 0 spiro atoms. The highest BCUT2D eigenvalue weighted by Crippen LogP contribution is 2.66. The van der Waals surface area contributed by atoms with Crippen molar-refractivity contribution in [2.75, 3.05) is 64.3 Å². The second-order valence-electron chi connectivity index (χ2n) is 17.0. The molecule has 16 nitrogen and oxygen atoms in total. The molecule has 0 bridgehead atoms. The molecule has 10 heterocycles. The Morgan fingerprint density at radius 1 is 0.630 bits per heavy atom. The average molecular weight is 1100 g/mol. The van der Waals surface area contributed by atoms with Crippen LogP contribution in [-0.2, 0) is 16.1 Å². The normalized spacial score (nSPS) is 15.6. The molecular formula is C51H41N3O13S6. The van der Waals surface area contributed by atoms with Crippen LogP contribution < -0.4 is 57.5 Å². The largest absolute Gasteiger partial charge is 0.485 e. The molecule has 22 heteroatoms. The zero-order chi connectivity index (χ0) is 49.9. The number of thiazole rings is 1. The minimum Gasteiger partial charge on any atom is -0.485 e. The van der Waals surface area contributed by atoms with Crippen LogP contribution in [0.1, 0.15) is 37.5 Å². The summed E-state index contributed by atoms with van der Waals surface area (Å²) >= 11 is 8.28. The Kier molecular flexibility index (Phi) is 12.8. The summed E-state index contributed by atoms with van der Waals surface area (Å²) in [6, 6.07) is 16.9. The van der Waals surface area contributed by atoms with E-state index in [-0.39, 0.29) is 29.0 Å². The van der Waals surface area contributed by atoms with E-state index in [1.165, 1.54) is 80.5 Å². The molecule has 0 atom stereocenters. The van der Waals surface area contributed by atoms with Gasteiger partial charge >= 0.3 is 11.9 Å². The van der Waals surface area contributed by atoms with Gasteiger partial charge in [-0.15, -0.1) is 56.7 Å². The van der Waals surface area contributed by atoms with Crippen molar-refractivity contribution in [1.29, 1.82) is 5.26 Å². The number of aromatic nitrogens is 1. The summed E-state index contributed by atoms with van der Waals surface area (Å²) in [6.45, 7) is 4.83. The van der Waals surface area contributed by atoms with E-state index in [9.17, 15) is 29.9 Å². The number of hydrogen-bond donors (Lipinski definition) is 2. The number of hydrogen-bond acceptors (Lipinski definition) is 19. The predicted octanol–water partition coefficient (Wildman–Crippen LogP) is 9.76. The monoisotopic (exact) mass is 1100 g/mol. The second kappa shape index (κ2) is 19.7. The number of aliphatic carboxylic acids is 2. The molecule has 0 fully saturated rings. The van der Waals surface area contributed by atoms with Crippen molar-refractivity contribution in [1.82, 2.24) is 4.57 Å². The van der Waals surface area contributed by atoms with E-state index in [0.29, 0.717) is 105 Å². The molecule has 0 saturated heterocycles.